The third kappa shape index (κ3) is 2.16. The Morgan fingerprint density at radius 3 is 2.59 bits per heavy atom. The zero-order chi connectivity index (χ0) is 14.9. The lowest BCUT2D eigenvalue weighted by molar-refractivity contribution is 0.0936. The maximum Gasteiger partial charge on any atom is 0.256 e. The number of carbonyl (C=O) groups is 1. The average Bonchev–Trinajstić information content (AvgIpc) is 3.01. The number of hydrogen-bond acceptors (Lipinski definition) is 4. The fourth-order valence-corrected chi connectivity index (χ4v) is 3.58. The molecule has 4 rings (SSSR count). The average molecular weight is 307 g/mol. The van der Waals surface area contributed by atoms with Crippen LogP contribution in [0, 0.1) is 0 Å². The third-order valence-corrected chi connectivity index (χ3v) is 4.55. The fourth-order valence-electron chi connectivity index (χ4n) is 2.58. The van der Waals surface area contributed by atoms with Crippen molar-refractivity contribution in [2.75, 3.05) is 5.32 Å². The van der Waals surface area contributed by atoms with Crippen LogP contribution >= 0.6 is 11.3 Å². The Morgan fingerprint density at radius 2 is 1.82 bits per heavy atom. The number of hydrogen-bond donors (Lipinski definition) is 2. The molecule has 1 aromatic carbocycles. The van der Waals surface area contributed by atoms with Crippen LogP contribution in [0.1, 0.15) is 22.2 Å². The summed E-state index contributed by atoms with van der Waals surface area (Å²) < 4.78 is 0. The summed E-state index contributed by atoms with van der Waals surface area (Å²) in [5.74, 6) is -0.0653. The Bertz CT molecular complexity index is 814. The van der Waals surface area contributed by atoms with Gasteiger partial charge in [-0.25, -0.2) is 0 Å². The minimum atomic E-state index is -0.288. The summed E-state index contributed by atoms with van der Waals surface area (Å²) in [4.78, 5) is 16.9. The molecule has 3 aromatic rings. The Hall–Kier alpha value is -2.66. The monoisotopic (exact) mass is 307 g/mol. The number of anilines is 1. The highest BCUT2D eigenvalue weighted by Gasteiger charge is 2.29. The van der Waals surface area contributed by atoms with Gasteiger partial charge in [-0.05, 0) is 17.7 Å². The van der Waals surface area contributed by atoms with E-state index in [1.807, 2.05) is 53.9 Å². The van der Waals surface area contributed by atoms with Crippen LogP contribution < -0.4 is 10.6 Å². The molecule has 1 unspecified atom stereocenters. The van der Waals surface area contributed by atoms with Gasteiger partial charge < -0.3 is 10.6 Å². The highest BCUT2D eigenvalue weighted by molar-refractivity contribution is 7.15. The molecule has 108 valence electrons. The number of nitrogens with one attached hydrogen (secondary N) is 2. The first-order valence-electron chi connectivity index (χ1n) is 6.98. The number of benzene rings is 1. The predicted octanol–water partition coefficient (Wildman–Crippen LogP) is 3.66. The largest absolute Gasteiger partial charge is 0.351 e. The van der Waals surface area contributed by atoms with E-state index in [4.69, 9.17) is 0 Å². The van der Waals surface area contributed by atoms with Crippen LogP contribution in [0.15, 0.2) is 60.1 Å². The molecule has 0 aliphatic carbocycles. The molecule has 0 fully saturated rings. The molecule has 5 heteroatoms. The van der Waals surface area contributed by atoms with Crippen LogP contribution in [-0.4, -0.2) is 10.9 Å². The van der Waals surface area contributed by atoms with Gasteiger partial charge >= 0.3 is 0 Å². The third-order valence-electron chi connectivity index (χ3n) is 3.64. The second-order valence-corrected chi connectivity index (χ2v) is 5.90. The minimum absolute atomic E-state index is 0.0653. The van der Waals surface area contributed by atoms with Crippen molar-refractivity contribution in [3.63, 3.8) is 0 Å². The van der Waals surface area contributed by atoms with Crippen molar-refractivity contribution < 1.29 is 4.79 Å². The maximum atomic E-state index is 12.6. The first kappa shape index (κ1) is 13.0. The Kier molecular flexibility index (Phi) is 3.12. The number of nitrogens with zero attached hydrogens (tertiary/aromatic N) is 1. The summed E-state index contributed by atoms with van der Waals surface area (Å²) in [5, 5.41) is 9.25. The van der Waals surface area contributed by atoms with E-state index < -0.39 is 0 Å². The zero-order valence-corrected chi connectivity index (χ0v) is 12.4. The molecule has 1 amide bonds. The predicted molar refractivity (Wildman–Crippen MR) is 87.8 cm³/mol. The van der Waals surface area contributed by atoms with Gasteiger partial charge in [-0.3, -0.25) is 9.78 Å². The van der Waals surface area contributed by atoms with E-state index in [1.165, 1.54) is 0 Å². The molecule has 2 aromatic heterocycles. The molecule has 4 nitrogen and oxygen atoms in total. The van der Waals surface area contributed by atoms with E-state index in [9.17, 15) is 4.79 Å². The van der Waals surface area contributed by atoms with Crippen LogP contribution in [0.5, 0.6) is 0 Å². The number of carbonyl (C=O) groups excluding carboxylic acids is 1. The van der Waals surface area contributed by atoms with E-state index in [0.29, 0.717) is 5.56 Å². The molecule has 1 atom stereocenters. The van der Waals surface area contributed by atoms with Crippen molar-refractivity contribution in [3.8, 4) is 11.1 Å². The van der Waals surface area contributed by atoms with Gasteiger partial charge in [0.2, 0.25) is 0 Å². The number of fused-ring (bicyclic) bond motifs is 1. The highest BCUT2D eigenvalue weighted by atomic mass is 32.1. The Morgan fingerprint density at radius 1 is 1.00 bits per heavy atom. The van der Waals surface area contributed by atoms with Crippen LogP contribution in [0.25, 0.3) is 11.1 Å². The van der Waals surface area contributed by atoms with Crippen LogP contribution in [-0.2, 0) is 0 Å². The van der Waals surface area contributed by atoms with Gasteiger partial charge in [0.15, 0.2) is 0 Å². The van der Waals surface area contributed by atoms with E-state index >= 15 is 0 Å². The molecule has 22 heavy (non-hydrogen) atoms. The maximum absolute atomic E-state index is 12.6. The number of thiophene rings is 1. The zero-order valence-electron chi connectivity index (χ0n) is 11.6. The number of pyridine rings is 1. The van der Waals surface area contributed by atoms with Crippen molar-refractivity contribution in [3.05, 3.63) is 71.4 Å². The molecule has 0 saturated carbocycles. The quantitative estimate of drug-likeness (QED) is 0.759. The van der Waals surface area contributed by atoms with Crippen molar-refractivity contribution in [2.45, 2.75) is 6.17 Å². The summed E-state index contributed by atoms with van der Waals surface area (Å²) in [7, 11) is 0. The van der Waals surface area contributed by atoms with Crippen LogP contribution in [0.2, 0.25) is 0 Å². The molecule has 0 radical (unpaired) electrons. The molecular weight excluding hydrogens is 294 g/mol. The molecule has 1 aliphatic heterocycles. The molecule has 1 aliphatic rings. The molecule has 2 N–H and O–H groups in total. The summed E-state index contributed by atoms with van der Waals surface area (Å²) in [6.45, 7) is 0. The first-order chi connectivity index (χ1) is 10.8. The molecule has 0 spiro atoms. The number of amides is 1. The van der Waals surface area contributed by atoms with Gasteiger partial charge in [-0.15, -0.1) is 11.3 Å². The lowest BCUT2D eigenvalue weighted by Crippen LogP contribution is -2.38. The van der Waals surface area contributed by atoms with Gasteiger partial charge in [0, 0.05) is 17.1 Å². The van der Waals surface area contributed by atoms with Crippen LogP contribution in [0.3, 0.4) is 0 Å². The van der Waals surface area contributed by atoms with Crippen molar-refractivity contribution >= 4 is 22.2 Å². The van der Waals surface area contributed by atoms with Gasteiger partial charge in [0.1, 0.15) is 11.2 Å². The normalized spacial score (nSPS) is 16.5. The smallest absolute Gasteiger partial charge is 0.256 e. The standard InChI is InChI=1S/C17H13N3OS/c21-16-14-12(11-6-2-1-3-7-11)10-22-17(14)20-15(19-16)13-8-4-5-9-18-13/h1-10,15,20H,(H,19,21). The highest BCUT2D eigenvalue weighted by Crippen LogP contribution is 2.39. The summed E-state index contributed by atoms with van der Waals surface area (Å²) in [5.41, 5.74) is 3.53. The van der Waals surface area contributed by atoms with Crippen molar-refractivity contribution in [1.82, 2.24) is 10.3 Å². The van der Waals surface area contributed by atoms with Gasteiger partial charge in [-0.2, -0.15) is 0 Å². The number of aromatic nitrogens is 1. The van der Waals surface area contributed by atoms with E-state index in [-0.39, 0.29) is 12.1 Å². The Labute approximate surface area is 131 Å². The van der Waals surface area contributed by atoms with Crippen LogP contribution in [0.4, 0.5) is 5.00 Å². The van der Waals surface area contributed by atoms with E-state index in [2.05, 4.69) is 15.6 Å². The fraction of sp³-hybridized carbons (Fsp3) is 0.0588. The van der Waals surface area contributed by atoms with Gasteiger partial charge in [0.05, 0.1) is 11.3 Å². The SMILES string of the molecule is O=C1NC(c2ccccn2)Nc2scc(-c3ccccc3)c21. The molecule has 0 bridgehead atoms. The van der Waals surface area contributed by atoms with E-state index in [1.54, 1.807) is 17.5 Å². The number of rotatable bonds is 2. The lowest BCUT2D eigenvalue weighted by atomic mass is 10.0. The summed E-state index contributed by atoms with van der Waals surface area (Å²) >= 11 is 1.55. The first-order valence-corrected chi connectivity index (χ1v) is 7.86. The van der Waals surface area contributed by atoms with Gasteiger partial charge in [0.25, 0.3) is 5.91 Å². The Balaban J connectivity index is 1.73. The molecule has 3 heterocycles. The molecule has 0 saturated heterocycles. The minimum Gasteiger partial charge on any atom is -0.351 e. The van der Waals surface area contributed by atoms with Crippen molar-refractivity contribution in [2.24, 2.45) is 0 Å². The lowest BCUT2D eigenvalue weighted by Gasteiger charge is -2.25. The van der Waals surface area contributed by atoms with E-state index in [0.717, 1.165) is 21.8 Å². The molecular formula is C17H13N3OS. The second kappa shape index (κ2) is 5.27. The summed E-state index contributed by atoms with van der Waals surface area (Å²) in [6.07, 6.45) is 1.44. The topological polar surface area (TPSA) is 54.0 Å². The summed E-state index contributed by atoms with van der Waals surface area (Å²) in [6, 6.07) is 15.6. The van der Waals surface area contributed by atoms with Crippen molar-refractivity contribution in [1.29, 1.82) is 0 Å². The second-order valence-electron chi connectivity index (χ2n) is 5.02. The van der Waals surface area contributed by atoms with Gasteiger partial charge in [-0.1, -0.05) is 36.4 Å².